The molecule has 0 aliphatic heterocycles. The number of benzene rings is 1. The van der Waals surface area contributed by atoms with Gasteiger partial charge < -0.3 is 4.74 Å². The van der Waals surface area contributed by atoms with Gasteiger partial charge in [-0.15, -0.1) is 0 Å². The highest BCUT2D eigenvalue weighted by Crippen LogP contribution is 2.26. The zero-order chi connectivity index (χ0) is 16.0. The van der Waals surface area contributed by atoms with Gasteiger partial charge in [-0.1, -0.05) is 6.92 Å². The fourth-order valence-corrected chi connectivity index (χ4v) is 2.23. The van der Waals surface area contributed by atoms with E-state index in [9.17, 15) is 4.79 Å². The molecule has 1 aromatic carbocycles. The highest BCUT2D eigenvalue weighted by atomic mass is 17.2. The summed E-state index contributed by atoms with van der Waals surface area (Å²) in [6.07, 6.45) is 0.938. The van der Waals surface area contributed by atoms with Crippen molar-refractivity contribution in [3.05, 3.63) is 40.0 Å². The van der Waals surface area contributed by atoms with E-state index in [-0.39, 0.29) is 0 Å². The van der Waals surface area contributed by atoms with Crippen molar-refractivity contribution in [3.63, 3.8) is 0 Å². The zero-order valence-electron chi connectivity index (χ0n) is 13.8. The molecule has 1 radical (unpaired) electrons. The fraction of sp³-hybridized carbons (Fsp3) is 0.529. The smallest absolute Gasteiger partial charge is 0.373 e. The second-order valence-electron chi connectivity index (χ2n) is 5.21. The van der Waals surface area contributed by atoms with Crippen molar-refractivity contribution in [1.82, 2.24) is 0 Å². The minimum atomic E-state index is -0.469. The van der Waals surface area contributed by atoms with Gasteiger partial charge in [-0.05, 0) is 68.9 Å². The molecule has 0 aliphatic carbocycles. The van der Waals surface area contributed by atoms with Crippen LogP contribution in [-0.4, -0.2) is 19.2 Å². The summed E-state index contributed by atoms with van der Waals surface area (Å²) < 4.78 is 5.20. The maximum atomic E-state index is 12.2. The molecular weight excluding hydrogens is 268 g/mol. The lowest BCUT2D eigenvalue weighted by molar-refractivity contribution is -0.218. The lowest BCUT2D eigenvalue weighted by Crippen LogP contribution is -2.13. The molecule has 21 heavy (non-hydrogen) atoms. The molecular formula is C17H25O4. The average molecular weight is 293 g/mol. The molecule has 4 heteroatoms. The van der Waals surface area contributed by atoms with Gasteiger partial charge >= 0.3 is 5.97 Å². The summed E-state index contributed by atoms with van der Waals surface area (Å²) in [5.74, 6) is -0.469. The van der Waals surface area contributed by atoms with E-state index in [0.29, 0.717) is 18.8 Å². The predicted octanol–water partition coefficient (Wildman–Crippen LogP) is 3.91. The Kier molecular flexibility index (Phi) is 6.85. The number of hydrogen-bond donors (Lipinski definition) is 0. The van der Waals surface area contributed by atoms with Crippen molar-refractivity contribution in [2.45, 2.75) is 48.0 Å². The molecule has 0 unspecified atom stereocenters. The molecule has 0 saturated heterocycles. The second kappa shape index (κ2) is 8.15. The Morgan fingerprint density at radius 3 is 2.00 bits per heavy atom. The Morgan fingerprint density at radius 1 is 0.952 bits per heavy atom. The summed E-state index contributed by atoms with van der Waals surface area (Å²) >= 11 is 0. The standard InChI is InChI=1S/C17H25O4/c1-7-8-19-9-10-20-21-17(18)16-14(5)12(3)11(2)13(4)15(16)6/h10H,7-9H2,1-6H3. The molecule has 0 atom stereocenters. The van der Waals surface area contributed by atoms with Gasteiger partial charge in [0, 0.05) is 6.61 Å². The van der Waals surface area contributed by atoms with Crippen molar-refractivity contribution < 1.29 is 19.3 Å². The van der Waals surface area contributed by atoms with Crippen molar-refractivity contribution in [2.75, 3.05) is 13.2 Å². The van der Waals surface area contributed by atoms with Crippen LogP contribution in [0.1, 0.15) is 51.5 Å². The topological polar surface area (TPSA) is 44.8 Å². The summed E-state index contributed by atoms with van der Waals surface area (Å²) in [5.41, 5.74) is 5.89. The van der Waals surface area contributed by atoms with Gasteiger partial charge in [-0.25, -0.2) is 4.79 Å². The van der Waals surface area contributed by atoms with E-state index in [0.717, 1.165) is 28.7 Å². The van der Waals surface area contributed by atoms with Gasteiger partial charge in [0.05, 0.1) is 12.2 Å². The third-order valence-electron chi connectivity index (χ3n) is 3.93. The predicted molar refractivity (Wildman–Crippen MR) is 82.0 cm³/mol. The first-order valence-electron chi connectivity index (χ1n) is 7.25. The molecule has 0 heterocycles. The lowest BCUT2D eigenvalue weighted by Gasteiger charge is -2.17. The number of rotatable bonds is 7. The second-order valence-corrected chi connectivity index (χ2v) is 5.21. The number of carbonyl (C=O) groups is 1. The van der Waals surface area contributed by atoms with Crippen LogP contribution in [0.15, 0.2) is 0 Å². The normalized spacial score (nSPS) is 10.8. The van der Waals surface area contributed by atoms with Crippen LogP contribution in [0.25, 0.3) is 0 Å². The molecule has 0 fully saturated rings. The van der Waals surface area contributed by atoms with Gasteiger partial charge in [0.25, 0.3) is 0 Å². The Bertz CT molecular complexity index is 477. The largest absolute Gasteiger partial charge is 0.378 e. The van der Waals surface area contributed by atoms with E-state index in [4.69, 9.17) is 14.5 Å². The molecule has 0 amide bonds. The summed E-state index contributed by atoms with van der Waals surface area (Å²) in [6.45, 7) is 14.3. The van der Waals surface area contributed by atoms with Gasteiger partial charge in [-0.2, -0.15) is 4.89 Å². The Hall–Kier alpha value is -1.39. The first-order valence-corrected chi connectivity index (χ1v) is 7.25. The van der Waals surface area contributed by atoms with Crippen LogP contribution in [0.3, 0.4) is 0 Å². The monoisotopic (exact) mass is 293 g/mol. The summed E-state index contributed by atoms with van der Waals surface area (Å²) in [7, 11) is 0. The van der Waals surface area contributed by atoms with Crippen LogP contribution in [0.4, 0.5) is 0 Å². The summed E-state index contributed by atoms with van der Waals surface area (Å²) in [5, 5.41) is 0. The maximum Gasteiger partial charge on any atom is 0.373 e. The maximum absolute atomic E-state index is 12.2. The summed E-state index contributed by atoms with van der Waals surface area (Å²) in [4.78, 5) is 21.8. The van der Waals surface area contributed by atoms with E-state index < -0.39 is 5.97 Å². The van der Waals surface area contributed by atoms with E-state index >= 15 is 0 Å². The van der Waals surface area contributed by atoms with Crippen LogP contribution in [-0.2, 0) is 14.5 Å². The van der Waals surface area contributed by atoms with E-state index in [1.807, 2.05) is 34.6 Å². The lowest BCUT2D eigenvalue weighted by atomic mass is 9.90. The van der Waals surface area contributed by atoms with E-state index in [1.165, 1.54) is 12.2 Å². The number of hydrogen-bond acceptors (Lipinski definition) is 4. The SMILES string of the molecule is CCCOC[CH]OOC(=O)c1c(C)c(C)c(C)c(C)c1C. The molecule has 0 aromatic heterocycles. The molecule has 0 N–H and O–H groups in total. The number of ether oxygens (including phenoxy) is 1. The van der Waals surface area contributed by atoms with Crippen LogP contribution < -0.4 is 0 Å². The van der Waals surface area contributed by atoms with Crippen molar-refractivity contribution in [2.24, 2.45) is 0 Å². The Morgan fingerprint density at radius 2 is 1.48 bits per heavy atom. The average Bonchev–Trinajstić information content (AvgIpc) is 2.47. The van der Waals surface area contributed by atoms with Crippen LogP contribution in [0, 0.1) is 41.2 Å². The van der Waals surface area contributed by atoms with Gasteiger partial charge in [0.1, 0.15) is 0 Å². The van der Waals surface area contributed by atoms with Crippen LogP contribution in [0.5, 0.6) is 0 Å². The van der Waals surface area contributed by atoms with Crippen molar-refractivity contribution >= 4 is 5.97 Å². The molecule has 0 spiro atoms. The highest BCUT2D eigenvalue weighted by Gasteiger charge is 2.20. The van der Waals surface area contributed by atoms with Gasteiger partial charge in [0.2, 0.25) is 0 Å². The third-order valence-corrected chi connectivity index (χ3v) is 3.93. The van der Waals surface area contributed by atoms with Gasteiger partial charge in [-0.3, -0.25) is 4.89 Å². The quantitative estimate of drug-likeness (QED) is 0.434. The van der Waals surface area contributed by atoms with Crippen LogP contribution in [0.2, 0.25) is 0 Å². The Labute approximate surface area is 127 Å². The van der Waals surface area contributed by atoms with Crippen molar-refractivity contribution in [1.29, 1.82) is 0 Å². The third kappa shape index (κ3) is 4.29. The first kappa shape index (κ1) is 17.7. The molecule has 1 rings (SSSR count). The van der Waals surface area contributed by atoms with E-state index in [2.05, 4.69) is 6.92 Å². The van der Waals surface area contributed by atoms with Crippen LogP contribution >= 0.6 is 0 Å². The highest BCUT2D eigenvalue weighted by molar-refractivity contribution is 5.93. The minimum absolute atomic E-state index is 0.297. The fourth-order valence-electron chi connectivity index (χ4n) is 2.23. The Balaban J connectivity index is 2.71. The molecule has 0 saturated carbocycles. The van der Waals surface area contributed by atoms with Crippen molar-refractivity contribution in [3.8, 4) is 0 Å². The molecule has 0 bridgehead atoms. The first-order chi connectivity index (χ1) is 9.91. The minimum Gasteiger partial charge on any atom is -0.378 e. The van der Waals surface area contributed by atoms with E-state index in [1.54, 1.807) is 0 Å². The molecule has 1 aromatic rings. The molecule has 4 nitrogen and oxygen atoms in total. The van der Waals surface area contributed by atoms with Gasteiger partial charge in [0.15, 0.2) is 6.61 Å². The zero-order valence-corrected chi connectivity index (χ0v) is 13.8. The molecule has 117 valence electrons. The summed E-state index contributed by atoms with van der Waals surface area (Å²) in [6, 6.07) is 0. The molecule has 0 aliphatic rings. The number of carbonyl (C=O) groups excluding carboxylic acids is 1.